The lowest BCUT2D eigenvalue weighted by molar-refractivity contribution is -0.157. The summed E-state index contributed by atoms with van der Waals surface area (Å²) in [6, 6.07) is 29.2. The van der Waals surface area contributed by atoms with E-state index < -0.39 is 35.6 Å². The van der Waals surface area contributed by atoms with Gasteiger partial charge in [-0.1, -0.05) is 208 Å². The highest BCUT2D eigenvalue weighted by atomic mass is 16.5. The number of rotatable bonds is 28. The average molecular weight is 715 g/mol. The maximum Gasteiger partial charge on any atom is 0.309 e. The van der Waals surface area contributed by atoms with E-state index in [1.807, 2.05) is 91.0 Å². The van der Waals surface area contributed by atoms with Gasteiger partial charge in [0.2, 0.25) is 0 Å². The number of unbranched alkanes of at least 4 members (excludes halogenated alkanes) is 14. The maximum atomic E-state index is 13.5. The number of hydrogen-bond acceptors (Lipinski definition) is 5. The van der Waals surface area contributed by atoms with Crippen molar-refractivity contribution in [2.75, 3.05) is 6.61 Å². The number of aliphatic hydroxyl groups excluding tert-OH is 3. The zero-order valence-corrected chi connectivity index (χ0v) is 32.6. The van der Waals surface area contributed by atoms with Crippen molar-refractivity contribution in [3.8, 4) is 0 Å². The lowest BCUT2D eigenvalue weighted by atomic mass is 9.63. The molecule has 0 bridgehead atoms. The summed E-state index contributed by atoms with van der Waals surface area (Å²) in [4.78, 5) is 13.5. The van der Waals surface area contributed by atoms with E-state index in [1.54, 1.807) is 6.92 Å². The first-order chi connectivity index (χ1) is 25.4. The Morgan fingerprint density at radius 1 is 0.519 bits per heavy atom. The molecule has 0 aliphatic rings. The lowest BCUT2D eigenvalue weighted by Crippen LogP contribution is -2.55. The largest absolute Gasteiger partial charge is 0.466 e. The molecule has 52 heavy (non-hydrogen) atoms. The summed E-state index contributed by atoms with van der Waals surface area (Å²) in [6.45, 7) is 6.42. The minimum Gasteiger partial charge on any atom is -0.466 e. The van der Waals surface area contributed by atoms with Gasteiger partial charge >= 0.3 is 5.97 Å². The standard InChI is InChI=1S/C47H70O5/c1-4-7-9-10-11-12-13-14-15-16-17-18-19-29-37-41(42(36-8-5-2)46(51)52-6-3)43(48)44(49)45(50)47(38-30-23-20-24-31-38,39-32-25-21-26-33-39)40-34-27-22-28-35-40/h20-28,30-35,41-45,48-50H,4-19,29,36-37H2,1-3H3/t41-,42-,43-,44-,45+/m1/s1. The molecular formula is C47H70O5. The minimum atomic E-state index is -1.55. The lowest BCUT2D eigenvalue weighted by Gasteiger charge is -2.44. The van der Waals surface area contributed by atoms with Crippen LogP contribution in [0.3, 0.4) is 0 Å². The summed E-state index contributed by atoms with van der Waals surface area (Å²) in [6.07, 6.45) is 16.0. The Morgan fingerprint density at radius 2 is 0.904 bits per heavy atom. The summed E-state index contributed by atoms with van der Waals surface area (Å²) in [7, 11) is 0. The maximum absolute atomic E-state index is 13.5. The van der Waals surface area contributed by atoms with Crippen molar-refractivity contribution in [2.45, 2.75) is 160 Å². The second-order valence-corrected chi connectivity index (χ2v) is 14.9. The molecule has 0 unspecified atom stereocenters. The van der Waals surface area contributed by atoms with Crippen LogP contribution in [0.2, 0.25) is 0 Å². The summed E-state index contributed by atoms with van der Waals surface area (Å²) < 4.78 is 5.58. The summed E-state index contributed by atoms with van der Waals surface area (Å²) in [5.41, 5.74) is 1.24. The molecule has 288 valence electrons. The van der Waals surface area contributed by atoms with E-state index in [1.165, 1.54) is 70.6 Å². The number of esters is 1. The van der Waals surface area contributed by atoms with Crippen LogP contribution >= 0.6 is 0 Å². The topological polar surface area (TPSA) is 87.0 Å². The van der Waals surface area contributed by atoms with Gasteiger partial charge in [0.05, 0.1) is 24.0 Å². The molecule has 0 aliphatic carbocycles. The molecule has 0 radical (unpaired) electrons. The Balaban J connectivity index is 1.80. The summed E-state index contributed by atoms with van der Waals surface area (Å²) >= 11 is 0. The van der Waals surface area contributed by atoms with Crippen LogP contribution in [0, 0.1) is 11.8 Å². The van der Waals surface area contributed by atoms with Crippen LogP contribution in [0.1, 0.15) is 153 Å². The van der Waals surface area contributed by atoms with Gasteiger partial charge in [0.1, 0.15) is 12.2 Å². The summed E-state index contributed by atoms with van der Waals surface area (Å²) in [5, 5.41) is 37.0. The van der Waals surface area contributed by atoms with Crippen molar-refractivity contribution >= 4 is 5.97 Å². The molecule has 0 saturated carbocycles. The molecule has 5 atom stereocenters. The Morgan fingerprint density at radius 3 is 1.29 bits per heavy atom. The quantitative estimate of drug-likeness (QED) is 0.0396. The van der Waals surface area contributed by atoms with Gasteiger partial charge in [-0.05, 0) is 36.5 Å². The number of ether oxygens (including phenoxy) is 1. The van der Waals surface area contributed by atoms with Gasteiger partial charge in [-0.25, -0.2) is 0 Å². The molecule has 3 aromatic rings. The second-order valence-electron chi connectivity index (χ2n) is 14.9. The van der Waals surface area contributed by atoms with E-state index in [-0.39, 0.29) is 12.6 Å². The Labute approximate surface area is 316 Å². The van der Waals surface area contributed by atoms with Crippen LogP contribution in [0.5, 0.6) is 0 Å². The van der Waals surface area contributed by atoms with E-state index in [2.05, 4.69) is 13.8 Å². The predicted octanol–water partition coefficient (Wildman–Crippen LogP) is 11.0. The third kappa shape index (κ3) is 12.8. The average Bonchev–Trinajstić information content (AvgIpc) is 3.18. The number of hydrogen-bond donors (Lipinski definition) is 3. The first-order valence-corrected chi connectivity index (χ1v) is 20.8. The molecule has 0 fully saturated rings. The minimum absolute atomic E-state index is 0.257. The normalized spacial score (nSPS) is 14.7. The van der Waals surface area contributed by atoms with Gasteiger partial charge in [0.15, 0.2) is 0 Å². The van der Waals surface area contributed by atoms with Crippen LogP contribution in [-0.4, -0.2) is 46.2 Å². The molecule has 3 rings (SSSR count). The number of carbonyl (C=O) groups is 1. The van der Waals surface area contributed by atoms with Gasteiger partial charge in [-0.2, -0.15) is 0 Å². The van der Waals surface area contributed by atoms with Crippen molar-refractivity contribution < 1.29 is 24.9 Å². The Bertz CT molecular complexity index is 1220. The second kappa shape index (κ2) is 25.1. The number of carbonyl (C=O) groups excluding carboxylic acids is 1. The van der Waals surface area contributed by atoms with E-state index in [4.69, 9.17) is 4.74 Å². The third-order valence-corrected chi connectivity index (χ3v) is 11.1. The predicted molar refractivity (Wildman–Crippen MR) is 215 cm³/mol. The molecule has 5 heteroatoms. The fourth-order valence-electron chi connectivity index (χ4n) is 8.18. The van der Waals surface area contributed by atoms with E-state index in [0.29, 0.717) is 12.8 Å². The monoisotopic (exact) mass is 715 g/mol. The van der Waals surface area contributed by atoms with Crippen molar-refractivity contribution in [3.05, 3.63) is 108 Å². The van der Waals surface area contributed by atoms with Crippen LogP contribution < -0.4 is 0 Å². The number of benzene rings is 3. The van der Waals surface area contributed by atoms with E-state index >= 15 is 0 Å². The van der Waals surface area contributed by atoms with Crippen LogP contribution in [0.4, 0.5) is 0 Å². The highest BCUT2D eigenvalue weighted by molar-refractivity contribution is 5.73. The zero-order valence-electron chi connectivity index (χ0n) is 32.6. The highest BCUT2D eigenvalue weighted by Crippen LogP contribution is 2.45. The van der Waals surface area contributed by atoms with Gasteiger partial charge in [0.25, 0.3) is 0 Å². The van der Waals surface area contributed by atoms with Crippen LogP contribution in [0.15, 0.2) is 91.0 Å². The molecule has 0 saturated heterocycles. The molecule has 5 nitrogen and oxygen atoms in total. The van der Waals surface area contributed by atoms with Gasteiger partial charge in [-0.3, -0.25) is 4.79 Å². The first kappa shape index (κ1) is 43.4. The van der Waals surface area contributed by atoms with E-state index in [9.17, 15) is 20.1 Å². The molecule has 0 aliphatic heterocycles. The van der Waals surface area contributed by atoms with Crippen molar-refractivity contribution in [1.29, 1.82) is 0 Å². The van der Waals surface area contributed by atoms with E-state index in [0.717, 1.165) is 48.8 Å². The van der Waals surface area contributed by atoms with Crippen molar-refractivity contribution in [2.24, 2.45) is 11.8 Å². The summed E-state index contributed by atoms with van der Waals surface area (Å²) in [5.74, 6) is -1.46. The van der Waals surface area contributed by atoms with Crippen LogP contribution in [-0.2, 0) is 14.9 Å². The molecule has 3 N–H and O–H groups in total. The molecule has 0 amide bonds. The van der Waals surface area contributed by atoms with Crippen LogP contribution in [0.25, 0.3) is 0 Å². The number of aliphatic hydroxyl groups is 3. The molecule has 0 spiro atoms. The fourth-order valence-corrected chi connectivity index (χ4v) is 8.18. The zero-order chi connectivity index (χ0) is 37.4. The molecule has 0 heterocycles. The smallest absolute Gasteiger partial charge is 0.309 e. The van der Waals surface area contributed by atoms with Gasteiger partial charge < -0.3 is 20.1 Å². The first-order valence-electron chi connectivity index (χ1n) is 20.8. The molecular weight excluding hydrogens is 645 g/mol. The van der Waals surface area contributed by atoms with Crippen molar-refractivity contribution in [3.63, 3.8) is 0 Å². The third-order valence-electron chi connectivity index (χ3n) is 11.1. The SMILES string of the molecule is CCCCCCCCCCCCCCCC[C@@H]([C@@H](O)[C@@H](O)[C@H](O)C(c1ccccc1)(c1ccccc1)c1ccccc1)[C@@H](CCCC)C(=O)OCC. The Kier molecular flexibility index (Phi) is 21.0. The van der Waals surface area contributed by atoms with Crippen molar-refractivity contribution in [1.82, 2.24) is 0 Å². The Hall–Kier alpha value is -2.99. The molecule has 0 aromatic heterocycles. The fraction of sp³-hybridized carbons (Fsp3) is 0.596. The highest BCUT2D eigenvalue weighted by Gasteiger charge is 2.50. The molecule has 3 aromatic carbocycles. The van der Waals surface area contributed by atoms with Gasteiger partial charge in [0, 0.05) is 5.92 Å². The van der Waals surface area contributed by atoms with Gasteiger partial charge in [-0.15, -0.1) is 0 Å².